The summed E-state index contributed by atoms with van der Waals surface area (Å²) in [7, 11) is 3.28. The Morgan fingerprint density at radius 2 is 1.91 bits per heavy atom. The first-order chi connectivity index (χ1) is 10.7. The van der Waals surface area contributed by atoms with Gasteiger partial charge in [0.05, 0.1) is 19.5 Å². The van der Waals surface area contributed by atoms with Crippen molar-refractivity contribution in [2.75, 3.05) is 25.3 Å². The van der Waals surface area contributed by atoms with Crippen molar-refractivity contribution in [3.05, 3.63) is 54.1 Å². The topological polar surface area (TPSA) is 47.6 Å². The van der Waals surface area contributed by atoms with E-state index in [1.807, 2.05) is 48.5 Å². The molecular weight excluding hydrogens is 298 g/mol. The zero-order valence-electron chi connectivity index (χ0n) is 12.7. The van der Waals surface area contributed by atoms with Crippen LogP contribution in [0, 0.1) is 0 Å². The van der Waals surface area contributed by atoms with Gasteiger partial charge in [0.25, 0.3) is 0 Å². The molecule has 0 radical (unpaired) electrons. The molecule has 5 heteroatoms. The monoisotopic (exact) mass is 317 g/mol. The third kappa shape index (κ3) is 5.09. The molecule has 2 aromatic rings. The van der Waals surface area contributed by atoms with Crippen LogP contribution < -0.4 is 10.1 Å². The molecule has 0 fully saturated rings. The summed E-state index contributed by atoms with van der Waals surface area (Å²) in [6.07, 6.45) is 0. The molecule has 2 aromatic carbocycles. The summed E-state index contributed by atoms with van der Waals surface area (Å²) in [4.78, 5) is 13.0. The first-order valence-electron chi connectivity index (χ1n) is 6.86. The molecule has 1 amide bonds. The van der Waals surface area contributed by atoms with Gasteiger partial charge in [0, 0.05) is 17.7 Å². The van der Waals surface area contributed by atoms with Crippen LogP contribution in [-0.4, -0.2) is 25.9 Å². The summed E-state index contributed by atoms with van der Waals surface area (Å²) in [6.45, 7) is 0.532. The van der Waals surface area contributed by atoms with Crippen LogP contribution in [0.4, 0.5) is 5.69 Å². The fourth-order valence-electron chi connectivity index (χ4n) is 1.92. The van der Waals surface area contributed by atoms with E-state index in [-0.39, 0.29) is 5.91 Å². The third-order valence-corrected chi connectivity index (χ3v) is 3.96. The van der Waals surface area contributed by atoms with E-state index in [0.717, 1.165) is 21.9 Å². The van der Waals surface area contributed by atoms with E-state index in [2.05, 4.69) is 5.32 Å². The lowest BCUT2D eigenvalue weighted by atomic mass is 10.2. The van der Waals surface area contributed by atoms with Gasteiger partial charge in [-0.05, 0) is 42.0 Å². The number of benzene rings is 2. The van der Waals surface area contributed by atoms with Crippen molar-refractivity contribution in [2.24, 2.45) is 0 Å². The van der Waals surface area contributed by atoms with Crippen molar-refractivity contribution in [2.45, 2.75) is 11.5 Å². The second kappa shape index (κ2) is 8.46. The predicted molar refractivity (Wildman–Crippen MR) is 89.5 cm³/mol. The first-order valence-corrected chi connectivity index (χ1v) is 7.84. The van der Waals surface area contributed by atoms with E-state index < -0.39 is 0 Å². The lowest BCUT2D eigenvalue weighted by molar-refractivity contribution is -0.113. The van der Waals surface area contributed by atoms with Crippen LogP contribution in [0.1, 0.15) is 5.56 Å². The number of rotatable bonds is 7. The van der Waals surface area contributed by atoms with Crippen molar-refractivity contribution >= 4 is 23.4 Å². The van der Waals surface area contributed by atoms with Crippen LogP contribution >= 0.6 is 11.8 Å². The number of amides is 1. The molecule has 4 nitrogen and oxygen atoms in total. The summed E-state index contributed by atoms with van der Waals surface area (Å²) in [6, 6.07) is 15.3. The smallest absolute Gasteiger partial charge is 0.234 e. The van der Waals surface area contributed by atoms with E-state index in [9.17, 15) is 4.79 Å². The van der Waals surface area contributed by atoms with Crippen molar-refractivity contribution in [1.82, 2.24) is 0 Å². The van der Waals surface area contributed by atoms with Crippen molar-refractivity contribution in [1.29, 1.82) is 0 Å². The minimum Gasteiger partial charge on any atom is -0.497 e. The third-order valence-electron chi connectivity index (χ3n) is 2.95. The second-order valence-corrected chi connectivity index (χ2v) is 5.69. The first kappa shape index (κ1) is 16.4. The second-order valence-electron chi connectivity index (χ2n) is 4.65. The number of hydrogen-bond donors (Lipinski definition) is 1. The van der Waals surface area contributed by atoms with Crippen LogP contribution in [0.3, 0.4) is 0 Å². The van der Waals surface area contributed by atoms with Crippen molar-refractivity contribution in [3.63, 3.8) is 0 Å². The summed E-state index contributed by atoms with van der Waals surface area (Å²) in [5.74, 6) is 1.14. The SMILES string of the molecule is COCc1cccc(NC(=O)CSc2ccc(OC)cc2)c1. The molecule has 2 rings (SSSR count). The Labute approximate surface area is 134 Å². The normalized spacial score (nSPS) is 10.3. The average Bonchev–Trinajstić information content (AvgIpc) is 2.54. The van der Waals surface area contributed by atoms with Gasteiger partial charge in [0.2, 0.25) is 5.91 Å². The van der Waals surface area contributed by atoms with Gasteiger partial charge in [-0.1, -0.05) is 12.1 Å². The summed E-state index contributed by atoms with van der Waals surface area (Å²) < 4.78 is 10.2. The molecule has 0 saturated carbocycles. The van der Waals surface area contributed by atoms with E-state index >= 15 is 0 Å². The molecule has 0 aliphatic rings. The zero-order valence-corrected chi connectivity index (χ0v) is 13.5. The lowest BCUT2D eigenvalue weighted by Crippen LogP contribution is -2.14. The number of carbonyl (C=O) groups is 1. The Hall–Kier alpha value is -1.98. The number of thioether (sulfide) groups is 1. The van der Waals surface area contributed by atoms with Gasteiger partial charge in [-0.25, -0.2) is 0 Å². The highest BCUT2D eigenvalue weighted by atomic mass is 32.2. The molecule has 0 unspecified atom stereocenters. The highest BCUT2D eigenvalue weighted by Crippen LogP contribution is 2.21. The number of hydrogen-bond acceptors (Lipinski definition) is 4. The van der Waals surface area contributed by atoms with Crippen LogP contribution in [0.5, 0.6) is 5.75 Å². The molecule has 1 N–H and O–H groups in total. The summed E-state index contributed by atoms with van der Waals surface area (Å²) in [5.41, 5.74) is 1.82. The molecular formula is C17H19NO3S. The van der Waals surface area contributed by atoms with Gasteiger partial charge in [-0.2, -0.15) is 0 Å². The van der Waals surface area contributed by atoms with Crippen LogP contribution in [0.15, 0.2) is 53.4 Å². The van der Waals surface area contributed by atoms with E-state index in [0.29, 0.717) is 12.4 Å². The Kier molecular flexibility index (Phi) is 6.30. The quantitative estimate of drug-likeness (QED) is 0.793. The average molecular weight is 317 g/mol. The highest BCUT2D eigenvalue weighted by molar-refractivity contribution is 8.00. The van der Waals surface area contributed by atoms with E-state index in [4.69, 9.17) is 9.47 Å². The fourth-order valence-corrected chi connectivity index (χ4v) is 2.62. The van der Waals surface area contributed by atoms with Crippen LogP contribution in [0.25, 0.3) is 0 Å². The summed E-state index contributed by atoms with van der Waals surface area (Å²) >= 11 is 1.49. The zero-order chi connectivity index (χ0) is 15.8. The maximum absolute atomic E-state index is 12.0. The molecule has 0 heterocycles. The van der Waals surface area contributed by atoms with Crippen molar-refractivity contribution in [3.8, 4) is 5.75 Å². The van der Waals surface area contributed by atoms with E-state index in [1.54, 1.807) is 14.2 Å². The van der Waals surface area contributed by atoms with Crippen LogP contribution in [-0.2, 0) is 16.1 Å². The highest BCUT2D eigenvalue weighted by Gasteiger charge is 2.05. The summed E-state index contributed by atoms with van der Waals surface area (Å²) in [5, 5.41) is 2.89. The number of carbonyl (C=O) groups excluding carboxylic acids is 1. The molecule has 0 aliphatic heterocycles. The predicted octanol–water partition coefficient (Wildman–Crippen LogP) is 3.57. The molecule has 0 aromatic heterocycles. The Morgan fingerprint density at radius 1 is 1.14 bits per heavy atom. The maximum Gasteiger partial charge on any atom is 0.234 e. The number of anilines is 1. The van der Waals surface area contributed by atoms with Crippen molar-refractivity contribution < 1.29 is 14.3 Å². The molecule has 0 spiro atoms. The van der Waals surface area contributed by atoms with Crippen LogP contribution in [0.2, 0.25) is 0 Å². The van der Waals surface area contributed by atoms with E-state index in [1.165, 1.54) is 11.8 Å². The molecule has 0 saturated heterocycles. The largest absolute Gasteiger partial charge is 0.497 e. The van der Waals surface area contributed by atoms with Gasteiger partial charge in [-0.3, -0.25) is 4.79 Å². The molecule has 22 heavy (non-hydrogen) atoms. The number of methoxy groups -OCH3 is 2. The van der Waals surface area contributed by atoms with Gasteiger partial charge < -0.3 is 14.8 Å². The number of ether oxygens (including phenoxy) is 2. The minimum absolute atomic E-state index is 0.0321. The lowest BCUT2D eigenvalue weighted by Gasteiger charge is -2.07. The van der Waals surface area contributed by atoms with Gasteiger partial charge in [0.1, 0.15) is 5.75 Å². The standard InChI is InChI=1S/C17H19NO3S/c1-20-11-13-4-3-5-14(10-13)18-17(19)12-22-16-8-6-15(21-2)7-9-16/h3-10H,11-12H2,1-2H3,(H,18,19). The van der Waals surface area contributed by atoms with Gasteiger partial charge in [-0.15, -0.1) is 11.8 Å². The Balaban J connectivity index is 1.85. The maximum atomic E-state index is 12.0. The van der Waals surface area contributed by atoms with Gasteiger partial charge in [0.15, 0.2) is 0 Å². The number of nitrogens with one attached hydrogen (secondary N) is 1. The molecule has 0 bridgehead atoms. The fraction of sp³-hybridized carbons (Fsp3) is 0.235. The molecule has 0 atom stereocenters. The minimum atomic E-state index is -0.0321. The molecule has 116 valence electrons. The van der Waals surface area contributed by atoms with Gasteiger partial charge >= 0.3 is 0 Å². The Bertz CT molecular complexity index is 614. The Morgan fingerprint density at radius 3 is 2.59 bits per heavy atom. The molecule has 0 aliphatic carbocycles.